The van der Waals surface area contributed by atoms with Gasteiger partial charge >= 0.3 is 17.9 Å². The molecule has 0 saturated carbocycles. The van der Waals surface area contributed by atoms with Crippen molar-refractivity contribution in [2.75, 3.05) is 13.2 Å². The van der Waals surface area contributed by atoms with Gasteiger partial charge in [0, 0.05) is 19.3 Å². The molecule has 0 fully saturated rings. The summed E-state index contributed by atoms with van der Waals surface area (Å²) in [6, 6.07) is 0. The van der Waals surface area contributed by atoms with Crippen LogP contribution in [-0.4, -0.2) is 37.2 Å². The second kappa shape index (κ2) is 39.6. The molecule has 0 bridgehead atoms. The Hall–Kier alpha value is -1.59. The van der Waals surface area contributed by atoms with Crippen LogP contribution in [0.25, 0.3) is 0 Å². The van der Waals surface area contributed by atoms with Crippen molar-refractivity contribution in [1.82, 2.24) is 0 Å². The van der Waals surface area contributed by atoms with Gasteiger partial charge in [-0.3, -0.25) is 14.4 Å². The molecule has 0 aromatic carbocycles. The van der Waals surface area contributed by atoms with E-state index in [0.717, 1.165) is 75.5 Å². The quantitative estimate of drug-likeness (QED) is 0.0350. The molecule has 2 atom stereocenters. The van der Waals surface area contributed by atoms with E-state index >= 15 is 0 Å². The Morgan fingerprint density at radius 3 is 0.963 bits per heavy atom. The van der Waals surface area contributed by atoms with Crippen LogP contribution in [0.3, 0.4) is 0 Å². The first-order valence-electron chi connectivity index (χ1n) is 23.6. The molecule has 0 spiro atoms. The van der Waals surface area contributed by atoms with Gasteiger partial charge in [-0.15, -0.1) is 0 Å². The molecule has 54 heavy (non-hydrogen) atoms. The van der Waals surface area contributed by atoms with E-state index in [9.17, 15) is 14.4 Å². The molecule has 0 rings (SSSR count). The monoisotopic (exact) mass is 765 g/mol. The second-order valence-corrected chi connectivity index (χ2v) is 17.6. The highest BCUT2D eigenvalue weighted by molar-refractivity contribution is 5.71. The summed E-state index contributed by atoms with van der Waals surface area (Å²) in [5.41, 5.74) is 0. The average Bonchev–Trinajstić information content (AvgIpc) is 3.14. The summed E-state index contributed by atoms with van der Waals surface area (Å²) in [5, 5.41) is 0. The topological polar surface area (TPSA) is 78.9 Å². The van der Waals surface area contributed by atoms with E-state index in [4.69, 9.17) is 14.2 Å². The van der Waals surface area contributed by atoms with Gasteiger partial charge in [0.1, 0.15) is 13.2 Å². The van der Waals surface area contributed by atoms with Crippen molar-refractivity contribution < 1.29 is 28.6 Å². The second-order valence-electron chi connectivity index (χ2n) is 17.6. The number of hydrogen-bond donors (Lipinski definition) is 0. The number of carbonyl (C=O) groups is 3. The Balaban J connectivity index is 4.31. The van der Waals surface area contributed by atoms with Crippen LogP contribution >= 0.6 is 0 Å². The van der Waals surface area contributed by atoms with Gasteiger partial charge in [0.15, 0.2) is 6.10 Å². The molecule has 0 aromatic rings. The van der Waals surface area contributed by atoms with Crippen molar-refractivity contribution in [3.05, 3.63) is 0 Å². The molecule has 0 amide bonds. The van der Waals surface area contributed by atoms with Crippen molar-refractivity contribution in [2.45, 2.75) is 260 Å². The summed E-state index contributed by atoms with van der Waals surface area (Å²) >= 11 is 0. The molecule has 0 aliphatic rings. The lowest BCUT2D eigenvalue weighted by Crippen LogP contribution is -2.30. The van der Waals surface area contributed by atoms with E-state index in [1.807, 2.05) is 0 Å². The van der Waals surface area contributed by atoms with E-state index in [-0.39, 0.29) is 31.1 Å². The summed E-state index contributed by atoms with van der Waals surface area (Å²) in [4.78, 5) is 37.7. The Bertz CT molecular complexity index is 839. The van der Waals surface area contributed by atoms with Crippen LogP contribution in [0.4, 0.5) is 0 Å². The summed E-state index contributed by atoms with van der Waals surface area (Å²) in [5.74, 6) is 1.58. The Morgan fingerprint density at radius 2 is 0.648 bits per heavy atom. The Kier molecular flexibility index (Phi) is 38.5. The predicted molar refractivity (Wildman–Crippen MR) is 229 cm³/mol. The maximum atomic E-state index is 12.7. The normalized spacial score (nSPS) is 12.7. The predicted octanol–water partition coefficient (Wildman–Crippen LogP) is 14.8. The fraction of sp³-hybridized carbons (Fsp3) is 0.938. The van der Waals surface area contributed by atoms with E-state index in [1.165, 1.54) is 135 Å². The highest BCUT2D eigenvalue weighted by Gasteiger charge is 2.19. The molecule has 6 heteroatoms. The largest absolute Gasteiger partial charge is 0.462 e. The maximum absolute atomic E-state index is 12.7. The van der Waals surface area contributed by atoms with Crippen LogP contribution in [0.15, 0.2) is 0 Å². The van der Waals surface area contributed by atoms with Crippen LogP contribution in [0.5, 0.6) is 0 Å². The van der Waals surface area contributed by atoms with Gasteiger partial charge in [0.25, 0.3) is 0 Å². The third-order valence-corrected chi connectivity index (χ3v) is 11.0. The van der Waals surface area contributed by atoms with Crippen LogP contribution in [-0.2, 0) is 28.6 Å². The minimum Gasteiger partial charge on any atom is -0.462 e. The molecule has 0 aliphatic carbocycles. The summed E-state index contributed by atoms with van der Waals surface area (Å²) in [6.45, 7) is 13.6. The van der Waals surface area contributed by atoms with Crippen LogP contribution in [0.1, 0.15) is 253 Å². The third kappa shape index (κ3) is 40.1. The average molecular weight is 765 g/mol. The number of esters is 3. The van der Waals surface area contributed by atoms with Crippen LogP contribution in [0.2, 0.25) is 0 Å². The first-order chi connectivity index (χ1) is 26.1. The van der Waals surface area contributed by atoms with Gasteiger partial charge in [0.05, 0.1) is 0 Å². The first kappa shape index (κ1) is 52.4. The molecule has 0 aliphatic heterocycles. The summed E-state index contributed by atoms with van der Waals surface area (Å²) in [7, 11) is 0. The molecule has 0 N–H and O–H groups in total. The zero-order valence-corrected chi connectivity index (χ0v) is 37.0. The van der Waals surface area contributed by atoms with Crippen LogP contribution in [0, 0.1) is 17.8 Å². The van der Waals surface area contributed by atoms with Gasteiger partial charge in [-0.05, 0) is 37.0 Å². The summed E-state index contributed by atoms with van der Waals surface area (Å²) < 4.78 is 16.7. The van der Waals surface area contributed by atoms with E-state index in [0.29, 0.717) is 19.3 Å². The SMILES string of the molecule is CCC(C)CCCCCCCCC(=O)O[C@H](COC(=O)CCCCCCCCCCCCCCC(C)C)COC(=O)CCCCCCCCCCC(C)C. The molecule has 0 heterocycles. The van der Waals surface area contributed by atoms with Gasteiger partial charge in [-0.1, -0.05) is 215 Å². The molecule has 1 unspecified atom stereocenters. The van der Waals surface area contributed by atoms with Crippen molar-refractivity contribution >= 4 is 17.9 Å². The Morgan fingerprint density at radius 1 is 0.370 bits per heavy atom. The van der Waals surface area contributed by atoms with Gasteiger partial charge in [0.2, 0.25) is 0 Å². The highest BCUT2D eigenvalue weighted by atomic mass is 16.6. The number of rotatable bonds is 41. The lowest BCUT2D eigenvalue weighted by molar-refractivity contribution is -0.167. The molecular formula is C48H92O6. The minimum absolute atomic E-state index is 0.0665. The first-order valence-corrected chi connectivity index (χ1v) is 23.6. The van der Waals surface area contributed by atoms with Gasteiger partial charge in [-0.25, -0.2) is 0 Å². The van der Waals surface area contributed by atoms with E-state index < -0.39 is 6.10 Å². The highest BCUT2D eigenvalue weighted by Crippen LogP contribution is 2.17. The smallest absolute Gasteiger partial charge is 0.306 e. The third-order valence-electron chi connectivity index (χ3n) is 11.0. The molecule has 320 valence electrons. The standard InChI is InChI=1S/C48H92O6/c1-7-44(6)36-30-24-20-21-27-33-39-48(51)54-45(41-53-47(50)38-32-26-19-15-14-17-23-29-35-43(4)5)40-52-46(49)37-31-25-18-13-11-9-8-10-12-16-22-28-34-42(2)3/h42-45H,7-41H2,1-6H3/t44?,45-/m1/s1. The van der Waals surface area contributed by atoms with E-state index in [2.05, 4.69) is 41.5 Å². The van der Waals surface area contributed by atoms with Crippen molar-refractivity contribution in [2.24, 2.45) is 17.8 Å². The lowest BCUT2D eigenvalue weighted by Gasteiger charge is -2.18. The van der Waals surface area contributed by atoms with E-state index in [1.54, 1.807) is 0 Å². The summed E-state index contributed by atoms with van der Waals surface area (Å²) in [6.07, 6.45) is 36.7. The molecule has 6 nitrogen and oxygen atoms in total. The number of carbonyl (C=O) groups excluding carboxylic acids is 3. The Labute approximate surface area is 336 Å². The fourth-order valence-corrected chi connectivity index (χ4v) is 7.02. The number of hydrogen-bond acceptors (Lipinski definition) is 6. The minimum atomic E-state index is -0.762. The van der Waals surface area contributed by atoms with Crippen molar-refractivity contribution in [3.63, 3.8) is 0 Å². The maximum Gasteiger partial charge on any atom is 0.306 e. The molecule has 0 saturated heterocycles. The van der Waals surface area contributed by atoms with Gasteiger partial charge in [-0.2, -0.15) is 0 Å². The molecule has 0 radical (unpaired) electrons. The number of unbranched alkanes of at least 4 members (excludes halogenated alkanes) is 23. The fourth-order valence-electron chi connectivity index (χ4n) is 7.02. The number of ether oxygens (including phenoxy) is 3. The van der Waals surface area contributed by atoms with Crippen LogP contribution < -0.4 is 0 Å². The van der Waals surface area contributed by atoms with Crippen molar-refractivity contribution in [3.8, 4) is 0 Å². The lowest BCUT2D eigenvalue weighted by atomic mass is 10.00. The van der Waals surface area contributed by atoms with Crippen molar-refractivity contribution in [1.29, 1.82) is 0 Å². The zero-order chi connectivity index (χ0) is 39.9. The molecule has 0 aromatic heterocycles. The zero-order valence-electron chi connectivity index (χ0n) is 37.0. The van der Waals surface area contributed by atoms with Gasteiger partial charge < -0.3 is 14.2 Å². The molecular weight excluding hydrogens is 673 g/mol.